The van der Waals surface area contributed by atoms with Gasteiger partial charge in [0.1, 0.15) is 12.1 Å². The number of hydrogen-bond donors (Lipinski definition) is 5. The molecular formula is C4H10NO7P. The molecule has 0 aliphatic heterocycles. The number of aliphatic hydroxyl groups excluding tert-OH is 1. The van der Waals surface area contributed by atoms with Crippen molar-refractivity contribution >= 4 is 13.8 Å². The van der Waals surface area contributed by atoms with Crippen LogP contribution < -0.4 is 5.73 Å². The highest BCUT2D eigenvalue weighted by molar-refractivity contribution is 7.46. The van der Waals surface area contributed by atoms with Crippen LogP contribution in [0.1, 0.15) is 0 Å². The normalized spacial score (nSPS) is 16.6. The molecule has 0 radical (unpaired) electrons. The van der Waals surface area contributed by atoms with Crippen LogP contribution in [0.4, 0.5) is 0 Å². The van der Waals surface area contributed by atoms with Gasteiger partial charge < -0.3 is 25.7 Å². The Morgan fingerprint density at radius 2 is 2.00 bits per heavy atom. The van der Waals surface area contributed by atoms with Crippen LogP contribution in [0.2, 0.25) is 0 Å². The van der Waals surface area contributed by atoms with E-state index in [1.807, 2.05) is 0 Å². The first-order chi connectivity index (χ1) is 5.74. The lowest BCUT2D eigenvalue weighted by molar-refractivity contribution is -0.141. The fourth-order valence-corrected chi connectivity index (χ4v) is 0.789. The van der Waals surface area contributed by atoms with Crippen LogP contribution in [0.3, 0.4) is 0 Å². The van der Waals surface area contributed by atoms with E-state index in [4.69, 9.17) is 25.7 Å². The first kappa shape index (κ1) is 12.5. The average molecular weight is 215 g/mol. The maximum Gasteiger partial charge on any atom is 0.469 e. The smallest absolute Gasteiger partial charge is 0.469 e. The van der Waals surface area contributed by atoms with Crippen LogP contribution in [0, 0.1) is 0 Å². The Labute approximate surface area is 73.2 Å². The summed E-state index contributed by atoms with van der Waals surface area (Å²) in [6, 6.07) is -1.63. The molecule has 0 aliphatic rings. The molecule has 0 rings (SSSR count). The van der Waals surface area contributed by atoms with Gasteiger partial charge in [-0.05, 0) is 0 Å². The van der Waals surface area contributed by atoms with Gasteiger partial charge in [-0.2, -0.15) is 0 Å². The Kier molecular flexibility index (Phi) is 4.48. The molecule has 6 N–H and O–H groups in total. The van der Waals surface area contributed by atoms with Crippen LogP contribution >= 0.6 is 7.82 Å². The topological polar surface area (TPSA) is 150 Å². The van der Waals surface area contributed by atoms with Crippen LogP contribution in [0.5, 0.6) is 0 Å². The molecule has 0 amide bonds. The molecular weight excluding hydrogens is 205 g/mol. The molecule has 0 aromatic carbocycles. The summed E-state index contributed by atoms with van der Waals surface area (Å²) < 4.78 is 13.9. The fraction of sp³-hybridized carbons (Fsp3) is 0.750. The number of hydrogen-bond acceptors (Lipinski definition) is 5. The number of aliphatic carboxylic acids is 1. The van der Waals surface area contributed by atoms with Crippen molar-refractivity contribution in [2.45, 2.75) is 12.1 Å². The molecule has 0 spiro atoms. The van der Waals surface area contributed by atoms with Gasteiger partial charge in [-0.25, -0.2) is 4.57 Å². The zero-order valence-corrected chi connectivity index (χ0v) is 7.29. The molecule has 2 atom stereocenters. The van der Waals surface area contributed by atoms with Crippen molar-refractivity contribution in [2.75, 3.05) is 6.61 Å². The molecule has 78 valence electrons. The maximum absolute atomic E-state index is 10.1. The van der Waals surface area contributed by atoms with E-state index in [0.717, 1.165) is 0 Å². The van der Waals surface area contributed by atoms with Crippen molar-refractivity contribution in [1.29, 1.82) is 0 Å². The van der Waals surface area contributed by atoms with E-state index >= 15 is 0 Å². The molecule has 9 heteroatoms. The van der Waals surface area contributed by atoms with Crippen LogP contribution in [-0.2, 0) is 13.9 Å². The van der Waals surface area contributed by atoms with Gasteiger partial charge in [0, 0.05) is 0 Å². The number of phosphoric acid groups is 1. The first-order valence-corrected chi connectivity index (χ1v) is 4.63. The summed E-state index contributed by atoms with van der Waals surface area (Å²) in [5.74, 6) is -1.48. The molecule has 0 fully saturated rings. The lowest BCUT2D eigenvalue weighted by Gasteiger charge is -2.14. The van der Waals surface area contributed by atoms with Gasteiger partial charge in [0.2, 0.25) is 0 Å². The van der Waals surface area contributed by atoms with E-state index in [2.05, 4.69) is 4.52 Å². The average Bonchev–Trinajstić information content (AvgIpc) is 1.97. The highest BCUT2D eigenvalue weighted by Gasteiger charge is 2.25. The second kappa shape index (κ2) is 4.66. The van der Waals surface area contributed by atoms with Crippen molar-refractivity contribution < 1.29 is 33.9 Å². The number of aliphatic hydroxyl groups is 1. The quantitative estimate of drug-likeness (QED) is 0.326. The van der Waals surface area contributed by atoms with Gasteiger partial charge in [0.25, 0.3) is 0 Å². The van der Waals surface area contributed by atoms with Gasteiger partial charge in [0.15, 0.2) is 0 Å². The molecule has 0 aromatic rings. The first-order valence-electron chi connectivity index (χ1n) is 3.10. The summed E-state index contributed by atoms with van der Waals surface area (Å²) in [6.07, 6.45) is -1.66. The van der Waals surface area contributed by atoms with Gasteiger partial charge in [0.05, 0.1) is 6.61 Å². The predicted molar refractivity (Wildman–Crippen MR) is 39.6 cm³/mol. The fourth-order valence-electron chi connectivity index (χ4n) is 0.442. The van der Waals surface area contributed by atoms with Crippen molar-refractivity contribution in [3.8, 4) is 0 Å². The largest absolute Gasteiger partial charge is 0.480 e. The number of phosphoric ester groups is 1. The van der Waals surface area contributed by atoms with Gasteiger partial charge in [-0.15, -0.1) is 0 Å². The Hall–Kier alpha value is -0.500. The van der Waals surface area contributed by atoms with Gasteiger partial charge >= 0.3 is 13.8 Å². The van der Waals surface area contributed by atoms with Crippen LogP contribution in [0.25, 0.3) is 0 Å². The number of carbonyl (C=O) groups is 1. The van der Waals surface area contributed by atoms with Crippen molar-refractivity contribution in [3.05, 3.63) is 0 Å². The molecule has 0 heterocycles. The third kappa shape index (κ3) is 5.69. The summed E-state index contributed by atoms with van der Waals surface area (Å²) in [5, 5.41) is 17.1. The van der Waals surface area contributed by atoms with E-state index in [9.17, 15) is 9.36 Å². The number of nitrogens with two attached hydrogens (primary N) is 1. The predicted octanol–water partition coefficient (Wildman–Crippen LogP) is -2.13. The minimum atomic E-state index is -4.70. The molecule has 0 saturated carbocycles. The highest BCUT2D eigenvalue weighted by Crippen LogP contribution is 2.35. The van der Waals surface area contributed by atoms with Crippen molar-refractivity contribution in [3.63, 3.8) is 0 Å². The Bertz CT molecular complexity index is 225. The van der Waals surface area contributed by atoms with Crippen LogP contribution in [0.15, 0.2) is 0 Å². The highest BCUT2D eigenvalue weighted by atomic mass is 31.2. The third-order valence-corrected chi connectivity index (χ3v) is 1.60. The minimum Gasteiger partial charge on any atom is -0.480 e. The zero-order chi connectivity index (χ0) is 10.6. The Morgan fingerprint density at radius 3 is 2.31 bits per heavy atom. The summed E-state index contributed by atoms with van der Waals surface area (Å²) in [6.45, 7) is -0.836. The third-order valence-electron chi connectivity index (χ3n) is 1.11. The van der Waals surface area contributed by atoms with Crippen molar-refractivity contribution in [2.24, 2.45) is 5.73 Å². The summed E-state index contributed by atoms with van der Waals surface area (Å²) >= 11 is 0. The lowest BCUT2D eigenvalue weighted by atomic mass is 10.2. The number of carboxylic acid groups (broad SMARTS) is 1. The molecule has 0 bridgehead atoms. The second-order valence-corrected chi connectivity index (χ2v) is 3.46. The summed E-state index contributed by atoms with van der Waals surface area (Å²) in [4.78, 5) is 26.5. The minimum absolute atomic E-state index is 0.836. The standard InChI is InChI=1S/C4H10NO7P/c5-3(4(7)8)2(6)1-12-13(9,10)11/h2-3,6H,1,5H2,(H,7,8)(H2,9,10,11)/t2?,3-/m0/s1. The molecule has 8 nitrogen and oxygen atoms in total. The summed E-state index contributed by atoms with van der Waals surface area (Å²) in [7, 11) is -4.70. The van der Waals surface area contributed by atoms with Crippen molar-refractivity contribution in [1.82, 2.24) is 0 Å². The summed E-state index contributed by atoms with van der Waals surface area (Å²) in [5.41, 5.74) is 4.91. The Balaban J connectivity index is 3.95. The molecule has 0 aromatic heterocycles. The monoisotopic (exact) mass is 215 g/mol. The zero-order valence-electron chi connectivity index (χ0n) is 6.40. The Morgan fingerprint density at radius 1 is 1.54 bits per heavy atom. The number of rotatable bonds is 5. The lowest BCUT2D eigenvalue weighted by Crippen LogP contribution is -2.44. The van der Waals surface area contributed by atoms with E-state index in [1.54, 1.807) is 0 Å². The number of carboxylic acids is 1. The van der Waals surface area contributed by atoms with Gasteiger partial charge in [-0.3, -0.25) is 9.32 Å². The molecule has 1 unspecified atom stereocenters. The SMILES string of the molecule is N[C@H](C(=O)O)C(O)COP(=O)(O)O. The van der Waals surface area contributed by atoms with Crippen LogP contribution in [-0.4, -0.2) is 44.7 Å². The molecule has 13 heavy (non-hydrogen) atoms. The van der Waals surface area contributed by atoms with Gasteiger partial charge in [-0.1, -0.05) is 0 Å². The maximum atomic E-state index is 10.1. The van der Waals surface area contributed by atoms with E-state index in [0.29, 0.717) is 0 Å². The molecule has 0 saturated heterocycles. The molecule has 0 aliphatic carbocycles. The van der Waals surface area contributed by atoms with E-state index < -0.39 is 32.5 Å². The van der Waals surface area contributed by atoms with E-state index in [-0.39, 0.29) is 0 Å². The second-order valence-electron chi connectivity index (χ2n) is 2.22. The van der Waals surface area contributed by atoms with E-state index in [1.165, 1.54) is 0 Å².